The molecule has 0 radical (unpaired) electrons. The molecule has 0 N–H and O–H groups in total. The van der Waals surface area contributed by atoms with E-state index in [0.29, 0.717) is 24.5 Å². The highest BCUT2D eigenvalue weighted by molar-refractivity contribution is 7.94. The van der Waals surface area contributed by atoms with Gasteiger partial charge in [0.2, 0.25) is 24.0 Å². The van der Waals surface area contributed by atoms with Crippen LogP contribution in [-0.2, 0) is 19.7 Å². The lowest BCUT2D eigenvalue weighted by Gasteiger charge is -2.19. The standard InChI is InChI=1S/C17H24N2O4S3/c1-5-12-25(20,21)17-18-15(16(24-17)19(6-2)7-3)26(22,23)14-10-8-13(4)9-11-14/h8-11H,5-7,12H2,1-4H3. The van der Waals surface area contributed by atoms with E-state index >= 15 is 0 Å². The van der Waals surface area contributed by atoms with Crippen LogP contribution in [0.25, 0.3) is 0 Å². The van der Waals surface area contributed by atoms with Gasteiger partial charge >= 0.3 is 0 Å². The van der Waals surface area contributed by atoms with Crippen LogP contribution in [0, 0.1) is 6.92 Å². The SMILES string of the molecule is CCCS(=O)(=O)c1nc(S(=O)(=O)c2ccc(C)cc2)c(N(CC)CC)s1. The summed E-state index contributed by atoms with van der Waals surface area (Å²) in [6, 6.07) is 6.47. The number of sulfone groups is 2. The minimum absolute atomic E-state index is 0.0534. The zero-order chi connectivity index (χ0) is 19.5. The van der Waals surface area contributed by atoms with E-state index in [0.717, 1.165) is 16.9 Å². The van der Waals surface area contributed by atoms with Gasteiger partial charge in [0, 0.05) is 13.1 Å². The van der Waals surface area contributed by atoms with E-state index in [2.05, 4.69) is 4.98 Å². The van der Waals surface area contributed by atoms with Crippen molar-refractivity contribution in [3.63, 3.8) is 0 Å². The molecule has 6 nitrogen and oxygen atoms in total. The van der Waals surface area contributed by atoms with Crippen LogP contribution in [0.2, 0.25) is 0 Å². The van der Waals surface area contributed by atoms with Crippen LogP contribution in [0.1, 0.15) is 32.8 Å². The lowest BCUT2D eigenvalue weighted by molar-refractivity contribution is 0.588. The van der Waals surface area contributed by atoms with Gasteiger partial charge in [0.1, 0.15) is 5.00 Å². The Morgan fingerprint density at radius 2 is 1.58 bits per heavy atom. The predicted octanol–water partition coefficient (Wildman–Crippen LogP) is 3.31. The van der Waals surface area contributed by atoms with Gasteiger partial charge in [-0.1, -0.05) is 36.0 Å². The van der Waals surface area contributed by atoms with E-state index in [1.54, 1.807) is 19.1 Å². The molecule has 0 saturated carbocycles. The molecule has 2 aromatic rings. The van der Waals surface area contributed by atoms with Crippen molar-refractivity contribution in [3.05, 3.63) is 29.8 Å². The van der Waals surface area contributed by atoms with Gasteiger partial charge in [0.05, 0.1) is 10.6 Å². The van der Waals surface area contributed by atoms with Crippen molar-refractivity contribution < 1.29 is 16.8 Å². The minimum atomic E-state index is -3.91. The molecule has 0 amide bonds. The van der Waals surface area contributed by atoms with E-state index in [-0.39, 0.29) is 20.0 Å². The monoisotopic (exact) mass is 416 g/mol. The van der Waals surface area contributed by atoms with Crippen LogP contribution in [0.4, 0.5) is 5.00 Å². The number of rotatable bonds is 8. The Morgan fingerprint density at radius 3 is 2.08 bits per heavy atom. The first-order valence-corrected chi connectivity index (χ1v) is 12.4. The molecule has 0 fully saturated rings. The molecule has 0 unspecified atom stereocenters. The maximum atomic E-state index is 13.1. The summed E-state index contributed by atoms with van der Waals surface area (Å²) in [7, 11) is -7.51. The average molecular weight is 417 g/mol. The van der Waals surface area contributed by atoms with E-state index in [9.17, 15) is 16.8 Å². The molecule has 9 heteroatoms. The first kappa shape index (κ1) is 20.9. The molecule has 1 heterocycles. The Hall–Kier alpha value is -1.45. The summed E-state index contributed by atoms with van der Waals surface area (Å²) < 4.78 is 51.0. The zero-order valence-electron chi connectivity index (χ0n) is 15.4. The van der Waals surface area contributed by atoms with Gasteiger partial charge in [0.25, 0.3) is 0 Å². The molecular formula is C17H24N2O4S3. The highest BCUT2D eigenvalue weighted by Gasteiger charge is 2.31. The number of benzene rings is 1. The van der Waals surface area contributed by atoms with Crippen molar-refractivity contribution in [1.82, 2.24) is 4.98 Å². The molecule has 0 spiro atoms. The van der Waals surface area contributed by atoms with Crippen molar-refractivity contribution in [2.45, 2.75) is 48.4 Å². The van der Waals surface area contributed by atoms with Crippen LogP contribution in [0.5, 0.6) is 0 Å². The molecule has 0 bridgehead atoms. The Labute approximate surface area is 159 Å². The third kappa shape index (κ3) is 4.10. The van der Waals surface area contributed by atoms with Gasteiger partial charge in [0.15, 0.2) is 5.03 Å². The Bertz CT molecular complexity index is 958. The van der Waals surface area contributed by atoms with Crippen LogP contribution >= 0.6 is 11.3 Å². The number of thiazole rings is 1. The summed E-state index contributed by atoms with van der Waals surface area (Å²) in [6.45, 7) is 8.54. The summed E-state index contributed by atoms with van der Waals surface area (Å²) in [5.74, 6) is -0.0534. The Balaban J connectivity index is 2.69. The number of hydrogen-bond donors (Lipinski definition) is 0. The van der Waals surface area contributed by atoms with E-state index in [4.69, 9.17) is 0 Å². The third-order valence-corrected chi connectivity index (χ3v) is 9.24. The van der Waals surface area contributed by atoms with Crippen molar-refractivity contribution in [1.29, 1.82) is 0 Å². The van der Waals surface area contributed by atoms with Crippen LogP contribution in [-0.4, -0.2) is 40.7 Å². The zero-order valence-corrected chi connectivity index (χ0v) is 17.8. The van der Waals surface area contributed by atoms with Crippen molar-refractivity contribution in [3.8, 4) is 0 Å². The highest BCUT2D eigenvalue weighted by atomic mass is 32.2. The second-order valence-electron chi connectivity index (χ2n) is 5.90. The summed E-state index contributed by atoms with van der Waals surface area (Å²) >= 11 is 0.936. The second-order valence-corrected chi connectivity index (χ2v) is 11.0. The molecule has 0 atom stereocenters. The van der Waals surface area contributed by atoms with E-state index in [1.807, 2.05) is 25.7 Å². The number of nitrogens with zero attached hydrogens (tertiary/aromatic N) is 2. The van der Waals surface area contributed by atoms with Crippen molar-refractivity contribution in [2.24, 2.45) is 0 Å². The number of aryl methyl sites for hydroxylation is 1. The normalized spacial score (nSPS) is 12.3. The van der Waals surface area contributed by atoms with Crippen LogP contribution in [0.3, 0.4) is 0 Å². The fraction of sp³-hybridized carbons (Fsp3) is 0.471. The fourth-order valence-corrected chi connectivity index (χ4v) is 7.10. The second kappa shape index (κ2) is 8.06. The minimum Gasteiger partial charge on any atom is -0.362 e. The van der Waals surface area contributed by atoms with Gasteiger partial charge in [-0.05, 0) is 39.3 Å². The maximum absolute atomic E-state index is 13.1. The summed E-state index contributed by atoms with van der Waals surface area (Å²) in [4.78, 5) is 6.02. The molecule has 144 valence electrons. The molecule has 1 aromatic carbocycles. The van der Waals surface area contributed by atoms with Gasteiger partial charge in [-0.25, -0.2) is 21.8 Å². The summed E-state index contributed by atoms with van der Waals surface area (Å²) in [5.41, 5.74) is 0.942. The van der Waals surface area contributed by atoms with Gasteiger partial charge in [-0.2, -0.15) is 0 Å². The molecule has 1 aromatic heterocycles. The smallest absolute Gasteiger partial charge is 0.226 e. The van der Waals surface area contributed by atoms with Crippen molar-refractivity contribution in [2.75, 3.05) is 23.7 Å². The molecular weight excluding hydrogens is 392 g/mol. The van der Waals surface area contributed by atoms with Gasteiger partial charge in [-0.3, -0.25) is 0 Å². The summed E-state index contributed by atoms with van der Waals surface area (Å²) in [6.07, 6.45) is 0.447. The van der Waals surface area contributed by atoms with Gasteiger partial charge < -0.3 is 4.90 Å². The molecule has 0 saturated heterocycles. The number of hydrogen-bond acceptors (Lipinski definition) is 7. The average Bonchev–Trinajstić information content (AvgIpc) is 3.03. The lowest BCUT2D eigenvalue weighted by atomic mass is 10.2. The van der Waals surface area contributed by atoms with Crippen LogP contribution in [0.15, 0.2) is 38.5 Å². The quantitative estimate of drug-likeness (QED) is 0.656. The highest BCUT2D eigenvalue weighted by Crippen LogP contribution is 2.37. The van der Waals surface area contributed by atoms with E-state index in [1.165, 1.54) is 12.1 Å². The van der Waals surface area contributed by atoms with E-state index < -0.39 is 19.7 Å². The first-order valence-electron chi connectivity index (χ1n) is 8.47. The van der Waals surface area contributed by atoms with Gasteiger partial charge in [-0.15, -0.1) is 0 Å². The summed E-state index contributed by atoms with van der Waals surface area (Å²) in [5, 5.41) is 0.204. The Morgan fingerprint density at radius 1 is 1.00 bits per heavy atom. The largest absolute Gasteiger partial charge is 0.362 e. The van der Waals surface area contributed by atoms with Crippen LogP contribution < -0.4 is 4.90 Å². The lowest BCUT2D eigenvalue weighted by Crippen LogP contribution is -2.22. The maximum Gasteiger partial charge on any atom is 0.226 e. The predicted molar refractivity (Wildman–Crippen MR) is 105 cm³/mol. The fourth-order valence-electron chi connectivity index (χ4n) is 2.48. The van der Waals surface area contributed by atoms with Crippen molar-refractivity contribution >= 4 is 36.0 Å². The topological polar surface area (TPSA) is 84.4 Å². The molecule has 2 rings (SSSR count). The molecule has 0 aliphatic carbocycles. The number of aromatic nitrogens is 1. The Kier molecular flexibility index (Phi) is 6.46. The molecule has 0 aliphatic rings. The molecule has 26 heavy (non-hydrogen) atoms. The first-order chi connectivity index (χ1) is 12.2. The number of anilines is 1. The third-order valence-electron chi connectivity index (χ3n) is 3.94. The molecule has 0 aliphatic heterocycles.